The van der Waals surface area contributed by atoms with E-state index in [1.165, 1.54) is 0 Å². The fraction of sp³-hybridized carbons (Fsp3) is 0.462. The Morgan fingerprint density at radius 3 is 2.61 bits per heavy atom. The zero-order valence-electron chi connectivity index (χ0n) is 11.0. The van der Waals surface area contributed by atoms with Crippen LogP contribution in [0.5, 0.6) is 0 Å². The van der Waals surface area contributed by atoms with Crippen LogP contribution in [0.3, 0.4) is 0 Å². The standard InChI is InChI=1S/C13H19N5/c1-10(2)8-11(3)17-13(16-9-14)18-12-4-6-15-7-5-12/h4-7,10-11H,8H2,1-3H3,(H2,15,16,17,18). The molecule has 0 saturated heterocycles. The van der Waals surface area contributed by atoms with Crippen molar-refractivity contribution in [3.05, 3.63) is 24.5 Å². The first kappa shape index (κ1) is 14.0. The minimum atomic E-state index is 0.162. The lowest BCUT2D eigenvalue weighted by atomic mass is 10.1. The number of pyridine rings is 1. The van der Waals surface area contributed by atoms with Crippen molar-refractivity contribution >= 4 is 11.6 Å². The summed E-state index contributed by atoms with van der Waals surface area (Å²) in [5, 5.41) is 14.3. The first-order valence-electron chi connectivity index (χ1n) is 6.01. The van der Waals surface area contributed by atoms with Crippen molar-refractivity contribution in [3.8, 4) is 6.19 Å². The first-order chi connectivity index (χ1) is 8.61. The Morgan fingerprint density at radius 1 is 1.39 bits per heavy atom. The van der Waals surface area contributed by atoms with E-state index in [1.54, 1.807) is 12.4 Å². The molecule has 1 rings (SSSR count). The summed E-state index contributed by atoms with van der Waals surface area (Å²) in [5.41, 5.74) is 0.850. The van der Waals surface area contributed by atoms with Crippen LogP contribution in [0.15, 0.2) is 29.5 Å². The Labute approximate surface area is 108 Å². The molecule has 0 bridgehead atoms. The predicted octanol–water partition coefficient (Wildman–Crippen LogP) is 2.35. The van der Waals surface area contributed by atoms with Gasteiger partial charge in [0.2, 0.25) is 5.96 Å². The average molecular weight is 245 g/mol. The van der Waals surface area contributed by atoms with Gasteiger partial charge in [-0.1, -0.05) is 13.8 Å². The van der Waals surface area contributed by atoms with E-state index in [9.17, 15) is 0 Å². The number of aliphatic imine (C=N–C) groups is 1. The molecule has 0 aromatic carbocycles. The lowest BCUT2D eigenvalue weighted by Crippen LogP contribution is -2.28. The van der Waals surface area contributed by atoms with Crippen molar-refractivity contribution in [1.29, 1.82) is 5.26 Å². The summed E-state index contributed by atoms with van der Waals surface area (Å²) in [6, 6.07) is 3.80. The van der Waals surface area contributed by atoms with Gasteiger partial charge in [-0.3, -0.25) is 10.3 Å². The summed E-state index contributed by atoms with van der Waals surface area (Å²) in [5.74, 6) is 1.05. The monoisotopic (exact) mass is 245 g/mol. The molecule has 0 spiro atoms. The fourth-order valence-corrected chi connectivity index (χ4v) is 1.68. The van der Waals surface area contributed by atoms with Gasteiger partial charge in [0.25, 0.3) is 0 Å². The highest BCUT2D eigenvalue weighted by Gasteiger charge is 2.06. The predicted molar refractivity (Wildman–Crippen MR) is 73.0 cm³/mol. The Hall–Kier alpha value is -2.09. The van der Waals surface area contributed by atoms with Gasteiger partial charge in [0.15, 0.2) is 6.19 Å². The summed E-state index contributed by atoms with van der Waals surface area (Å²) in [7, 11) is 0. The summed E-state index contributed by atoms with van der Waals surface area (Å²) >= 11 is 0. The van der Waals surface area contributed by atoms with Crippen LogP contribution in [-0.4, -0.2) is 17.0 Å². The molecule has 1 unspecified atom stereocenters. The second-order valence-electron chi connectivity index (χ2n) is 4.55. The molecule has 1 atom stereocenters. The van der Waals surface area contributed by atoms with Crippen LogP contribution in [-0.2, 0) is 0 Å². The van der Waals surface area contributed by atoms with E-state index in [4.69, 9.17) is 5.26 Å². The smallest absolute Gasteiger partial charge is 0.209 e. The number of aromatic nitrogens is 1. The molecule has 5 heteroatoms. The van der Waals surface area contributed by atoms with Crippen LogP contribution in [0.2, 0.25) is 0 Å². The molecule has 0 radical (unpaired) electrons. The van der Waals surface area contributed by atoms with Crippen LogP contribution < -0.4 is 10.6 Å². The molecule has 0 aliphatic rings. The highest BCUT2D eigenvalue weighted by Crippen LogP contribution is 2.08. The topological polar surface area (TPSA) is 73.1 Å². The molecule has 0 amide bonds. The second-order valence-corrected chi connectivity index (χ2v) is 4.55. The molecular formula is C13H19N5. The van der Waals surface area contributed by atoms with Gasteiger partial charge < -0.3 is 5.32 Å². The molecule has 5 nitrogen and oxygen atoms in total. The Morgan fingerprint density at radius 2 is 2.06 bits per heavy atom. The maximum atomic E-state index is 8.72. The number of nitrogens with zero attached hydrogens (tertiary/aromatic N) is 3. The van der Waals surface area contributed by atoms with Gasteiger partial charge in [0.05, 0.1) is 6.04 Å². The quantitative estimate of drug-likeness (QED) is 0.369. The van der Waals surface area contributed by atoms with Crippen LogP contribution in [0.1, 0.15) is 27.2 Å². The molecule has 1 aromatic heterocycles. The third-order valence-corrected chi connectivity index (χ3v) is 2.28. The highest BCUT2D eigenvalue weighted by molar-refractivity contribution is 5.94. The summed E-state index contributed by atoms with van der Waals surface area (Å²) in [6.07, 6.45) is 6.24. The molecule has 18 heavy (non-hydrogen) atoms. The lowest BCUT2D eigenvalue weighted by Gasteiger charge is -2.13. The van der Waals surface area contributed by atoms with Crippen molar-refractivity contribution in [1.82, 2.24) is 10.3 Å². The van der Waals surface area contributed by atoms with Gasteiger partial charge >= 0.3 is 0 Å². The van der Waals surface area contributed by atoms with Crippen molar-refractivity contribution in [2.24, 2.45) is 10.9 Å². The maximum Gasteiger partial charge on any atom is 0.209 e. The molecule has 1 heterocycles. The fourth-order valence-electron chi connectivity index (χ4n) is 1.68. The number of nitriles is 1. The first-order valence-corrected chi connectivity index (χ1v) is 6.01. The number of nitrogens with one attached hydrogen (secondary N) is 2. The van der Waals surface area contributed by atoms with Gasteiger partial charge in [-0.15, -0.1) is 0 Å². The summed E-state index contributed by atoms with van der Waals surface area (Å²) in [4.78, 5) is 8.39. The van der Waals surface area contributed by atoms with Gasteiger partial charge in [0.1, 0.15) is 0 Å². The molecule has 0 aliphatic carbocycles. The van der Waals surface area contributed by atoms with Gasteiger partial charge in [-0.25, -0.2) is 4.99 Å². The Bertz CT molecular complexity index is 419. The van der Waals surface area contributed by atoms with Crippen molar-refractivity contribution in [2.75, 3.05) is 5.32 Å². The number of hydrogen-bond acceptors (Lipinski definition) is 3. The summed E-state index contributed by atoms with van der Waals surface area (Å²) in [6.45, 7) is 6.34. The van der Waals surface area contributed by atoms with E-state index in [1.807, 2.05) is 25.2 Å². The van der Waals surface area contributed by atoms with E-state index in [0.717, 1.165) is 12.1 Å². The van der Waals surface area contributed by atoms with Crippen molar-refractivity contribution < 1.29 is 0 Å². The lowest BCUT2D eigenvalue weighted by molar-refractivity contribution is 0.521. The Kier molecular flexibility index (Phi) is 5.65. The normalized spacial score (nSPS) is 12.9. The molecule has 2 N–H and O–H groups in total. The van der Waals surface area contributed by atoms with E-state index >= 15 is 0 Å². The van der Waals surface area contributed by atoms with E-state index < -0.39 is 0 Å². The third kappa shape index (κ3) is 5.30. The van der Waals surface area contributed by atoms with Crippen LogP contribution >= 0.6 is 0 Å². The highest BCUT2D eigenvalue weighted by atomic mass is 15.2. The minimum absolute atomic E-state index is 0.162. The number of guanidine groups is 1. The van der Waals surface area contributed by atoms with E-state index in [0.29, 0.717) is 11.9 Å². The molecule has 0 saturated carbocycles. The zero-order chi connectivity index (χ0) is 13.4. The van der Waals surface area contributed by atoms with Crippen LogP contribution in [0.4, 0.5) is 5.69 Å². The second kappa shape index (κ2) is 7.28. The van der Waals surface area contributed by atoms with Crippen molar-refractivity contribution in [2.45, 2.75) is 33.2 Å². The van der Waals surface area contributed by atoms with E-state index in [-0.39, 0.29) is 6.04 Å². The number of hydrogen-bond donors (Lipinski definition) is 2. The van der Waals surface area contributed by atoms with Crippen LogP contribution in [0.25, 0.3) is 0 Å². The summed E-state index contributed by atoms with van der Waals surface area (Å²) < 4.78 is 0. The molecule has 1 aromatic rings. The van der Waals surface area contributed by atoms with Gasteiger partial charge in [0, 0.05) is 18.1 Å². The Balaban J connectivity index is 2.70. The van der Waals surface area contributed by atoms with Crippen LogP contribution in [0, 0.1) is 17.4 Å². The third-order valence-electron chi connectivity index (χ3n) is 2.28. The SMILES string of the molecule is CC(C)CC(C)N=C(NC#N)Nc1ccncc1. The van der Waals surface area contributed by atoms with Crippen molar-refractivity contribution in [3.63, 3.8) is 0 Å². The minimum Gasteiger partial charge on any atom is -0.325 e. The molecule has 0 fully saturated rings. The molecule has 0 aliphatic heterocycles. The van der Waals surface area contributed by atoms with E-state index in [2.05, 4.69) is 34.5 Å². The van der Waals surface area contributed by atoms with Gasteiger partial charge in [-0.05, 0) is 31.4 Å². The molecular weight excluding hydrogens is 226 g/mol. The zero-order valence-corrected chi connectivity index (χ0v) is 11.0. The number of rotatable bonds is 4. The molecule has 96 valence electrons. The number of anilines is 1. The maximum absolute atomic E-state index is 8.72. The largest absolute Gasteiger partial charge is 0.325 e. The average Bonchev–Trinajstić information content (AvgIpc) is 2.29. The van der Waals surface area contributed by atoms with Gasteiger partial charge in [-0.2, -0.15) is 5.26 Å².